The van der Waals surface area contributed by atoms with Crippen LogP contribution in [-0.4, -0.2) is 72.4 Å². The van der Waals surface area contributed by atoms with Crippen molar-refractivity contribution in [3.63, 3.8) is 0 Å². The maximum atomic E-state index is 12.6. The summed E-state index contributed by atoms with van der Waals surface area (Å²) in [6, 6.07) is 6.44. The van der Waals surface area contributed by atoms with Crippen molar-refractivity contribution in [2.45, 2.75) is 38.8 Å². The molecular weight excluding hydrogens is 370 g/mol. The van der Waals surface area contributed by atoms with Crippen molar-refractivity contribution in [1.82, 2.24) is 20.2 Å². The highest BCUT2D eigenvalue weighted by Crippen LogP contribution is 2.28. The molecule has 1 N–H and O–H groups in total. The van der Waals surface area contributed by atoms with Crippen LogP contribution in [0.15, 0.2) is 24.5 Å². The molecule has 0 saturated carbocycles. The summed E-state index contributed by atoms with van der Waals surface area (Å²) in [5, 5.41) is 4.06. The number of nitrogens with zero attached hydrogens (tertiary/aromatic N) is 4. The molecule has 2 saturated heterocycles. The number of urea groups is 1. The maximum Gasteiger partial charge on any atom is 0.317 e. The summed E-state index contributed by atoms with van der Waals surface area (Å²) < 4.78 is 11.2. The number of hydrogen-bond donors (Lipinski definition) is 1. The number of rotatable bonds is 4. The van der Waals surface area contributed by atoms with Gasteiger partial charge in [-0.15, -0.1) is 0 Å². The monoisotopic (exact) mass is 399 g/mol. The Morgan fingerprint density at radius 2 is 1.93 bits per heavy atom. The topological polar surface area (TPSA) is 79.8 Å². The van der Waals surface area contributed by atoms with Gasteiger partial charge in [-0.25, -0.2) is 14.8 Å². The summed E-state index contributed by atoms with van der Waals surface area (Å²) in [5.74, 6) is 0.612. The van der Waals surface area contributed by atoms with Crippen molar-refractivity contribution in [2.24, 2.45) is 0 Å². The van der Waals surface area contributed by atoms with Crippen molar-refractivity contribution in [3.8, 4) is 5.88 Å². The zero-order chi connectivity index (χ0) is 20.2. The summed E-state index contributed by atoms with van der Waals surface area (Å²) >= 11 is 0. The van der Waals surface area contributed by atoms with E-state index >= 15 is 0 Å². The molecule has 8 nitrogen and oxygen atoms in total. The van der Waals surface area contributed by atoms with Gasteiger partial charge in [-0.2, -0.15) is 0 Å². The minimum absolute atomic E-state index is 0.0380. The summed E-state index contributed by atoms with van der Waals surface area (Å²) in [6.07, 6.45) is 3.38. The van der Waals surface area contributed by atoms with Crippen molar-refractivity contribution in [1.29, 1.82) is 0 Å². The van der Waals surface area contributed by atoms with Gasteiger partial charge in [-0.05, 0) is 44.9 Å². The Hall–Kier alpha value is -2.61. The first-order valence-electron chi connectivity index (χ1n) is 10.4. The largest absolute Gasteiger partial charge is 0.474 e. The third-order valence-electron chi connectivity index (χ3n) is 5.41. The summed E-state index contributed by atoms with van der Waals surface area (Å²) in [6.45, 7) is 8.42. The summed E-state index contributed by atoms with van der Waals surface area (Å²) in [5.41, 5.74) is 1.97. The quantitative estimate of drug-likeness (QED) is 0.851. The lowest BCUT2D eigenvalue weighted by Crippen LogP contribution is -2.54. The molecule has 0 radical (unpaired) electrons. The molecule has 0 bridgehead atoms. The van der Waals surface area contributed by atoms with Crippen molar-refractivity contribution >= 4 is 22.6 Å². The van der Waals surface area contributed by atoms with E-state index in [4.69, 9.17) is 9.47 Å². The van der Waals surface area contributed by atoms with Crippen LogP contribution in [0.3, 0.4) is 0 Å². The number of hydrogen-bond acceptors (Lipinski definition) is 6. The van der Waals surface area contributed by atoms with Gasteiger partial charge in [-0.1, -0.05) is 0 Å². The Kier molecular flexibility index (Phi) is 5.99. The normalized spacial score (nSPS) is 18.3. The van der Waals surface area contributed by atoms with Crippen molar-refractivity contribution in [2.75, 3.05) is 44.3 Å². The fraction of sp³-hybridized carbons (Fsp3) is 0.571. The lowest BCUT2D eigenvalue weighted by molar-refractivity contribution is 0.0779. The second-order valence-electron chi connectivity index (χ2n) is 7.86. The third-order valence-corrected chi connectivity index (χ3v) is 5.41. The first-order chi connectivity index (χ1) is 14.1. The number of carbonyl (C=O) groups is 1. The maximum absolute atomic E-state index is 12.6. The van der Waals surface area contributed by atoms with E-state index in [1.165, 1.54) is 6.33 Å². The molecule has 29 heavy (non-hydrogen) atoms. The van der Waals surface area contributed by atoms with Crippen LogP contribution in [0.25, 0.3) is 10.9 Å². The van der Waals surface area contributed by atoms with E-state index in [9.17, 15) is 4.79 Å². The molecule has 3 heterocycles. The first kappa shape index (κ1) is 19.7. The predicted octanol–water partition coefficient (Wildman–Crippen LogP) is 2.43. The fourth-order valence-corrected chi connectivity index (χ4v) is 3.81. The highest BCUT2D eigenvalue weighted by molar-refractivity contribution is 5.86. The lowest BCUT2D eigenvalue weighted by atomic mass is 10.1. The van der Waals surface area contributed by atoms with Gasteiger partial charge in [0.2, 0.25) is 5.88 Å². The number of anilines is 1. The molecule has 0 unspecified atom stereocenters. The number of ether oxygens (including phenoxy) is 2. The van der Waals surface area contributed by atoms with Crippen LogP contribution in [0.1, 0.15) is 26.7 Å². The second kappa shape index (κ2) is 8.82. The Morgan fingerprint density at radius 1 is 1.17 bits per heavy atom. The number of carbonyl (C=O) groups excluding carboxylic acids is 1. The standard InChI is InChI=1S/C21H29N5O3/c1-15(2)29-20-18-13-17(3-4-19(18)22-14-23-20)25-7-9-26(10-8-25)21(27)24-16-5-11-28-12-6-16/h3-4,13-16H,5-12H2,1-2H3,(H,24,27). The zero-order valence-corrected chi connectivity index (χ0v) is 17.1. The Bertz CT molecular complexity index is 845. The molecule has 2 aromatic rings. The van der Waals surface area contributed by atoms with Gasteiger partial charge >= 0.3 is 6.03 Å². The summed E-state index contributed by atoms with van der Waals surface area (Å²) in [4.78, 5) is 25.4. The molecule has 1 aromatic carbocycles. The number of benzene rings is 1. The smallest absolute Gasteiger partial charge is 0.317 e. The third kappa shape index (κ3) is 4.70. The van der Waals surface area contributed by atoms with Crippen LogP contribution in [0, 0.1) is 0 Å². The minimum atomic E-state index is 0.0380. The number of nitrogens with one attached hydrogen (secondary N) is 1. The zero-order valence-electron chi connectivity index (χ0n) is 17.1. The van der Waals surface area contributed by atoms with E-state index in [-0.39, 0.29) is 18.2 Å². The molecule has 2 fully saturated rings. The molecule has 4 rings (SSSR count). The Labute approximate surface area is 171 Å². The SMILES string of the molecule is CC(C)Oc1ncnc2ccc(N3CCN(C(=O)NC4CCOCC4)CC3)cc12. The van der Waals surface area contributed by atoms with Crippen LogP contribution in [-0.2, 0) is 4.74 Å². The van der Waals surface area contributed by atoms with E-state index in [0.717, 1.165) is 55.7 Å². The van der Waals surface area contributed by atoms with Gasteiger partial charge in [0.15, 0.2) is 0 Å². The molecule has 1 aromatic heterocycles. The van der Waals surface area contributed by atoms with Gasteiger partial charge in [0.25, 0.3) is 0 Å². The van der Waals surface area contributed by atoms with E-state index in [2.05, 4.69) is 32.3 Å². The average Bonchev–Trinajstić information content (AvgIpc) is 2.74. The molecule has 2 aliphatic rings. The van der Waals surface area contributed by atoms with Gasteiger partial charge in [0.1, 0.15) is 6.33 Å². The number of piperazine rings is 1. The Morgan fingerprint density at radius 3 is 2.66 bits per heavy atom. The predicted molar refractivity (Wildman–Crippen MR) is 111 cm³/mol. The second-order valence-corrected chi connectivity index (χ2v) is 7.86. The van der Waals surface area contributed by atoms with Crippen LogP contribution in [0.2, 0.25) is 0 Å². The summed E-state index contributed by atoms with van der Waals surface area (Å²) in [7, 11) is 0. The molecule has 2 amide bonds. The van der Waals surface area contributed by atoms with E-state index in [1.54, 1.807) is 0 Å². The molecule has 0 aliphatic carbocycles. The molecule has 0 atom stereocenters. The Balaban J connectivity index is 1.40. The average molecular weight is 399 g/mol. The molecule has 156 valence electrons. The highest BCUT2D eigenvalue weighted by Gasteiger charge is 2.24. The number of aromatic nitrogens is 2. The first-order valence-corrected chi connectivity index (χ1v) is 10.4. The molecule has 0 spiro atoms. The fourth-order valence-electron chi connectivity index (χ4n) is 3.81. The minimum Gasteiger partial charge on any atom is -0.474 e. The van der Waals surface area contributed by atoms with Crippen LogP contribution in [0.5, 0.6) is 5.88 Å². The van der Waals surface area contributed by atoms with E-state index in [0.29, 0.717) is 19.0 Å². The molecular formula is C21H29N5O3. The van der Waals surface area contributed by atoms with Crippen LogP contribution >= 0.6 is 0 Å². The number of amides is 2. The van der Waals surface area contributed by atoms with Gasteiger partial charge in [0.05, 0.1) is 17.0 Å². The number of fused-ring (bicyclic) bond motifs is 1. The van der Waals surface area contributed by atoms with E-state index in [1.807, 2.05) is 24.8 Å². The van der Waals surface area contributed by atoms with Gasteiger partial charge in [0, 0.05) is 51.1 Å². The van der Waals surface area contributed by atoms with Crippen LogP contribution < -0.4 is 15.0 Å². The van der Waals surface area contributed by atoms with Gasteiger partial charge < -0.3 is 24.6 Å². The molecule has 8 heteroatoms. The van der Waals surface area contributed by atoms with Crippen molar-refractivity contribution < 1.29 is 14.3 Å². The molecule has 2 aliphatic heterocycles. The van der Waals surface area contributed by atoms with E-state index < -0.39 is 0 Å². The van der Waals surface area contributed by atoms with Gasteiger partial charge in [-0.3, -0.25) is 0 Å². The van der Waals surface area contributed by atoms with Crippen LogP contribution in [0.4, 0.5) is 10.5 Å². The highest BCUT2D eigenvalue weighted by atomic mass is 16.5. The lowest BCUT2D eigenvalue weighted by Gasteiger charge is -2.37. The van der Waals surface area contributed by atoms with Crippen molar-refractivity contribution in [3.05, 3.63) is 24.5 Å².